The number of aliphatic hydroxyl groups is 1. The van der Waals surface area contributed by atoms with Crippen molar-refractivity contribution < 1.29 is 9.90 Å². The van der Waals surface area contributed by atoms with Crippen LogP contribution in [0.3, 0.4) is 0 Å². The number of hydrogen-bond donors (Lipinski definition) is 2. The SMILES string of the molecule is CN(CCCCCO)C(=O)c1cccc(N)c1. The van der Waals surface area contributed by atoms with Crippen LogP contribution >= 0.6 is 0 Å². The monoisotopic (exact) mass is 236 g/mol. The summed E-state index contributed by atoms with van der Waals surface area (Å²) in [4.78, 5) is 13.7. The fraction of sp³-hybridized carbons (Fsp3) is 0.462. The highest BCUT2D eigenvalue weighted by atomic mass is 16.2. The molecule has 0 aliphatic heterocycles. The molecule has 0 aliphatic carbocycles. The van der Waals surface area contributed by atoms with Crippen molar-refractivity contribution in [1.82, 2.24) is 4.90 Å². The average molecular weight is 236 g/mol. The fourth-order valence-electron chi connectivity index (χ4n) is 1.63. The van der Waals surface area contributed by atoms with Crippen LogP contribution in [0.1, 0.15) is 29.6 Å². The van der Waals surface area contributed by atoms with Crippen LogP contribution in [0.5, 0.6) is 0 Å². The summed E-state index contributed by atoms with van der Waals surface area (Å²) < 4.78 is 0. The van der Waals surface area contributed by atoms with Gasteiger partial charge < -0.3 is 15.7 Å². The Labute approximate surface area is 102 Å². The Balaban J connectivity index is 2.46. The van der Waals surface area contributed by atoms with Crippen molar-refractivity contribution in [3.63, 3.8) is 0 Å². The summed E-state index contributed by atoms with van der Waals surface area (Å²) in [7, 11) is 1.78. The molecule has 0 fully saturated rings. The first kappa shape index (κ1) is 13.5. The lowest BCUT2D eigenvalue weighted by molar-refractivity contribution is 0.0792. The third kappa shape index (κ3) is 4.44. The fourth-order valence-corrected chi connectivity index (χ4v) is 1.63. The van der Waals surface area contributed by atoms with Gasteiger partial charge in [0.2, 0.25) is 0 Å². The van der Waals surface area contributed by atoms with Gasteiger partial charge in [0.25, 0.3) is 5.91 Å². The molecule has 0 radical (unpaired) electrons. The van der Waals surface area contributed by atoms with Gasteiger partial charge in [-0.15, -0.1) is 0 Å². The molecule has 17 heavy (non-hydrogen) atoms. The maximum Gasteiger partial charge on any atom is 0.253 e. The molecule has 94 valence electrons. The summed E-state index contributed by atoms with van der Waals surface area (Å²) in [5.74, 6) is -0.0127. The van der Waals surface area contributed by atoms with Crippen molar-refractivity contribution in [1.29, 1.82) is 0 Å². The molecule has 0 bridgehead atoms. The van der Waals surface area contributed by atoms with Gasteiger partial charge in [0.05, 0.1) is 0 Å². The van der Waals surface area contributed by atoms with Crippen LogP contribution in [0.25, 0.3) is 0 Å². The molecular weight excluding hydrogens is 216 g/mol. The number of carbonyl (C=O) groups is 1. The standard InChI is InChI=1S/C13H20N2O2/c1-15(8-3-2-4-9-16)13(17)11-6-5-7-12(14)10-11/h5-7,10,16H,2-4,8-9,14H2,1H3. The van der Waals surface area contributed by atoms with Gasteiger partial charge in [0.15, 0.2) is 0 Å². The third-order valence-corrected chi connectivity index (χ3v) is 2.63. The molecule has 1 aromatic carbocycles. The Morgan fingerprint density at radius 2 is 2.12 bits per heavy atom. The minimum atomic E-state index is -0.0127. The van der Waals surface area contributed by atoms with Crippen molar-refractivity contribution >= 4 is 11.6 Å². The zero-order valence-electron chi connectivity index (χ0n) is 10.2. The lowest BCUT2D eigenvalue weighted by atomic mass is 10.1. The van der Waals surface area contributed by atoms with Gasteiger partial charge in [-0.2, -0.15) is 0 Å². The lowest BCUT2D eigenvalue weighted by Gasteiger charge is -2.17. The van der Waals surface area contributed by atoms with Crippen LogP contribution in [0.4, 0.5) is 5.69 Å². The van der Waals surface area contributed by atoms with Gasteiger partial charge in [-0.25, -0.2) is 0 Å². The maximum atomic E-state index is 12.0. The Hall–Kier alpha value is -1.55. The molecule has 0 aromatic heterocycles. The van der Waals surface area contributed by atoms with Gasteiger partial charge in [-0.05, 0) is 37.5 Å². The maximum absolute atomic E-state index is 12.0. The van der Waals surface area contributed by atoms with Crippen molar-refractivity contribution in [2.24, 2.45) is 0 Å². The van der Waals surface area contributed by atoms with Crippen LogP contribution in [-0.4, -0.2) is 36.1 Å². The summed E-state index contributed by atoms with van der Waals surface area (Å²) in [6.45, 7) is 0.917. The molecule has 1 rings (SSSR count). The highest BCUT2D eigenvalue weighted by molar-refractivity contribution is 5.94. The van der Waals surface area contributed by atoms with E-state index in [2.05, 4.69) is 0 Å². The smallest absolute Gasteiger partial charge is 0.253 e. The number of carbonyl (C=O) groups excluding carboxylic acids is 1. The number of nitrogens with two attached hydrogens (primary N) is 1. The zero-order valence-corrected chi connectivity index (χ0v) is 10.2. The molecule has 4 heteroatoms. The molecule has 0 unspecified atom stereocenters. The quantitative estimate of drug-likeness (QED) is 0.581. The molecule has 0 atom stereocenters. The van der Waals surface area contributed by atoms with Crippen LogP contribution in [0.2, 0.25) is 0 Å². The van der Waals surface area contributed by atoms with E-state index >= 15 is 0 Å². The van der Waals surface area contributed by atoms with Crippen LogP contribution in [0.15, 0.2) is 24.3 Å². The highest BCUT2D eigenvalue weighted by Gasteiger charge is 2.10. The van der Waals surface area contributed by atoms with E-state index in [1.54, 1.807) is 36.2 Å². The number of rotatable bonds is 6. The predicted molar refractivity (Wildman–Crippen MR) is 68.8 cm³/mol. The number of benzene rings is 1. The Morgan fingerprint density at radius 3 is 2.76 bits per heavy atom. The van der Waals surface area contributed by atoms with E-state index in [1.165, 1.54) is 0 Å². The number of nitrogen functional groups attached to an aromatic ring is 1. The van der Waals surface area contributed by atoms with E-state index in [-0.39, 0.29) is 12.5 Å². The van der Waals surface area contributed by atoms with Gasteiger partial charge >= 0.3 is 0 Å². The largest absolute Gasteiger partial charge is 0.399 e. The molecule has 0 saturated heterocycles. The summed E-state index contributed by atoms with van der Waals surface area (Å²) >= 11 is 0. The van der Waals surface area contributed by atoms with Crippen LogP contribution < -0.4 is 5.73 Å². The molecule has 3 N–H and O–H groups in total. The molecule has 0 saturated carbocycles. The van der Waals surface area contributed by atoms with Gasteiger partial charge in [0.1, 0.15) is 0 Å². The summed E-state index contributed by atoms with van der Waals surface area (Å²) in [6, 6.07) is 7.00. The zero-order chi connectivity index (χ0) is 12.7. The van der Waals surface area contributed by atoms with Crippen molar-refractivity contribution in [2.75, 3.05) is 25.9 Å². The summed E-state index contributed by atoms with van der Waals surface area (Å²) in [5.41, 5.74) is 6.86. The number of unbranched alkanes of at least 4 members (excludes halogenated alkanes) is 2. The molecule has 1 amide bonds. The Morgan fingerprint density at radius 1 is 1.35 bits per heavy atom. The van der Waals surface area contributed by atoms with E-state index in [9.17, 15) is 4.79 Å². The average Bonchev–Trinajstić information content (AvgIpc) is 2.33. The van der Waals surface area contributed by atoms with E-state index < -0.39 is 0 Å². The molecule has 1 aromatic rings. The Bertz CT molecular complexity index is 366. The van der Waals surface area contributed by atoms with Gasteiger partial charge in [0, 0.05) is 31.5 Å². The highest BCUT2D eigenvalue weighted by Crippen LogP contribution is 2.09. The summed E-state index contributed by atoms with van der Waals surface area (Å²) in [5, 5.41) is 8.65. The lowest BCUT2D eigenvalue weighted by Crippen LogP contribution is -2.27. The molecular formula is C13H20N2O2. The molecule has 0 heterocycles. The topological polar surface area (TPSA) is 66.6 Å². The van der Waals surface area contributed by atoms with Crippen molar-refractivity contribution in [3.05, 3.63) is 29.8 Å². The van der Waals surface area contributed by atoms with Gasteiger partial charge in [-0.1, -0.05) is 6.07 Å². The van der Waals surface area contributed by atoms with E-state index in [4.69, 9.17) is 10.8 Å². The first-order valence-electron chi connectivity index (χ1n) is 5.87. The number of hydrogen-bond acceptors (Lipinski definition) is 3. The summed E-state index contributed by atoms with van der Waals surface area (Å²) in [6.07, 6.45) is 2.64. The minimum Gasteiger partial charge on any atom is -0.399 e. The van der Waals surface area contributed by atoms with Crippen molar-refractivity contribution in [3.8, 4) is 0 Å². The number of amides is 1. The second kappa shape index (κ2) is 6.91. The van der Waals surface area contributed by atoms with E-state index in [0.29, 0.717) is 17.8 Å². The van der Waals surface area contributed by atoms with Crippen LogP contribution in [0, 0.1) is 0 Å². The number of anilines is 1. The first-order valence-corrected chi connectivity index (χ1v) is 5.87. The number of nitrogens with zero attached hydrogens (tertiary/aromatic N) is 1. The van der Waals surface area contributed by atoms with Crippen molar-refractivity contribution in [2.45, 2.75) is 19.3 Å². The first-order chi connectivity index (χ1) is 8.15. The predicted octanol–water partition coefficient (Wildman–Crippen LogP) is 1.50. The van der Waals surface area contributed by atoms with E-state index in [0.717, 1.165) is 19.3 Å². The Kier molecular flexibility index (Phi) is 5.49. The molecule has 0 spiro atoms. The number of aliphatic hydroxyl groups excluding tert-OH is 1. The van der Waals surface area contributed by atoms with E-state index in [1.807, 2.05) is 0 Å². The molecule has 0 aliphatic rings. The molecule has 4 nitrogen and oxygen atoms in total. The normalized spacial score (nSPS) is 10.2. The van der Waals surface area contributed by atoms with Gasteiger partial charge in [-0.3, -0.25) is 4.79 Å². The second-order valence-electron chi connectivity index (χ2n) is 4.14. The third-order valence-electron chi connectivity index (χ3n) is 2.63. The van der Waals surface area contributed by atoms with Crippen LogP contribution in [-0.2, 0) is 0 Å². The second-order valence-corrected chi connectivity index (χ2v) is 4.14. The minimum absolute atomic E-state index is 0.0127.